The number of ether oxygens (including phenoxy) is 2. The van der Waals surface area contributed by atoms with Crippen LogP contribution in [-0.2, 0) is 9.47 Å². The van der Waals surface area contributed by atoms with Crippen molar-refractivity contribution in [3.63, 3.8) is 0 Å². The van der Waals surface area contributed by atoms with E-state index in [1.54, 1.807) is 13.0 Å². The summed E-state index contributed by atoms with van der Waals surface area (Å²) in [5.41, 5.74) is 0. The molecule has 1 N–H and O–H groups in total. The molecule has 0 amide bonds. The average molecular weight is 251 g/mol. The average Bonchev–Trinajstić information content (AvgIpc) is 2.90. The number of nitrogens with one attached hydrogen (secondary N) is 1. The Hall–Kier alpha value is -1.69. The first-order valence-electron chi connectivity index (χ1n) is 6.15. The standard InChI is InChI=1S/C12H17N3O3/c1-2-17-12(16)11-13-6-5-10(15-11)14-8-9-4-3-7-18-9/h5-6,9H,2-4,7-8H2,1H3,(H,13,14,15). The first kappa shape index (κ1) is 12.8. The van der Waals surface area contributed by atoms with Gasteiger partial charge in [0, 0.05) is 19.3 Å². The number of esters is 1. The predicted octanol–water partition coefficient (Wildman–Crippen LogP) is 1.24. The maximum absolute atomic E-state index is 11.5. The summed E-state index contributed by atoms with van der Waals surface area (Å²) in [5.74, 6) is 0.191. The molecule has 0 aliphatic carbocycles. The van der Waals surface area contributed by atoms with Crippen LogP contribution in [0.25, 0.3) is 0 Å². The Kier molecular flexibility index (Phi) is 4.46. The maximum atomic E-state index is 11.5. The fraction of sp³-hybridized carbons (Fsp3) is 0.583. The summed E-state index contributed by atoms with van der Waals surface area (Å²) in [6.07, 6.45) is 3.93. The lowest BCUT2D eigenvalue weighted by Gasteiger charge is -2.11. The Balaban J connectivity index is 1.91. The minimum atomic E-state index is -0.502. The number of rotatable bonds is 5. The van der Waals surface area contributed by atoms with E-state index in [1.165, 1.54) is 6.20 Å². The van der Waals surface area contributed by atoms with Crippen molar-refractivity contribution in [3.05, 3.63) is 18.1 Å². The quantitative estimate of drug-likeness (QED) is 0.794. The van der Waals surface area contributed by atoms with E-state index in [4.69, 9.17) is 9.47 Å². The second kappa shape index (κ2) is 6.30. The van der Waals surface area contributed by atoms with E-state index in [9.17, 15) is 4.79 Å². The minimum absolute atomic E-state index is 0.0780. The van der Waals surface area contributed by atoms with Gasteiger partial charge in [-0.05, 0) is 25.8 Å². The van der Waals surface area contributed by atoms with Crippen LogP contribution < -0.4 is 5.32 Å². The van der Waals surface area contributed by atoms with Gasteiger partial charge in [0.15, 0.2) is 0 Å². The molecule has 1 aliphatic rings. The highest BCUT2D eigenvalue weighted by molar-refractivity contribution is 5.85. The van der Waals surface area contributed by atoms with Crippen molar-refractivity contribution in [2.45, 2.75) is 25.9 Å². The normalized spacial score (nSPS) is 18.6. The van der Waals surface area contributed by atoms with Gasteiger partial charge in [0.25, 0.3) is 0 Å². The summed E-state index contributed by atoms with van der Waals surface area (Å²) in [7, 11) is 0. The maximum Gasteiger partial charge on any atom is 0.376 e. The fourth-order valence-corrected chi connectivity index (χ4v) is 1.77. The van der Waals surface area contributed by atoms with Crippen molar-refractivity contribution in [1.82, 2.24) is 9.97 Å². The highest BCUT2D eigenvalue weighted by Crippen LogP contribution is 2.12. The van der Waals surface area contributed by atoms with Gasteiger partial charge < -0.3 is 14.8 Å². The topological polar surface area (TPSA) is 73.3 Å². The molecule has 0 aromatic carbocycles. The van der Waals surface area contributed by atoms with E-state index in [-0.39, 0.29) is 11.9 Å². The second-order valence-corrected chi connectivity index (χ2v) is 4.00. The van der Waals surface area contributed by atoms with E-state index >= 15 is 0 Å². The number of aromatic nitrogens is 2. The number of nitrogens with zero attached hydrogens (tertiary/aromatic N) is 2. The summed E-state index contributed by atoms with van der Waals surface area (Å²) < 4.78 is 10.3. The Bertz CT molecular complexity index is 405. The SMILES string of the molecule is CCOC(=O)c1nccc(NCC2CCCO2)n1. The van der Waals surface area contributed by atoms with Crippen LogP contribution in [0, 0.1) is 0 Å². The zero-order valence-corrected chi connectivity index (χ0v) is 10.4. The first-order chi connectivity index (χ1) is 8.79. The van der Waals surface area contributed by atoms with Crippen molar-refractivity contribution in [2.24, 2.45) is 0 Å². The molecule has 1 aromatic heterocycles. The van der Waals surface area contributed by atoms with Gasteiger partial charge in [-0.1, -0.05) is 0 Å². The van der Waals surface area contributed by atoms with Crippen LogP contribution in [0.4, 0.5) is 5.82 Å². The largest absolute Gasteiger partial charge is 0.460 e. The minimum Gasteiger partial charge on any atom is -0.460 e. The van der Waals surface area contributed by atoms with Crippen LogP contribution >= 0.6 is 0 Å². The number of carbonyl (C=O) groups excluding carboxylic acids is 1. The molecule has 1 aliphatic heterocycles. The molecule has 2 rings (SSSR count). The number of anilines is 1. The summed E-state index contributed by atoms with van der Waals surface area (Å²) in [6, 6.07) is 1.72. The molecule has 1 saturated heterocycles. The van der Waals surface area contributed by atoms with Crippen molar-refractivity contribution in [1.29, 1.82) is 0 Å². The molecular formula is C12H17N3O3. The molecule has 0 radical (unpaired) electrons. The zero-order valence-electron chi connectivity index (χ0n) is 10.4. The third-order valence-electron chi connectivity index (χ3n) is 2.65. The van der Waals surface area contributed by atoms with Gasteiger partial charge in [-0.2, -0.15) is 0 Å². The van der Waals surface area contributed by atoms with Crippen LogP contribution in [0.2, 0.25) is 0 Å². The smallest absolute Gasteiger partial charge is 0.376 e. The molecule has 0 spiro atoms. The van der Waals surface area contributed by atoms with Gasteiger partial charge in [-0.15, -0.1) is 0 Å². The third-order valence-corrected chi connectivity index (χ3v) is 2.65. The lowest BCUT2D eigenvalue weighted by atomic mass is 10.2. The molecule has 98 valence electrons. The lowest BCUT2D eigenvalue weighted by Crippen LogP contribution is -2.20. The van der Waals surface area contributed by atoms with E-state index in [2.05, 4.69) is 15.3 Å². The molecular weight excluding hydrogens is 234 g/mol. The molecule has 1 unspecified atom stereocenters. The summed E-state index contributed by atoms with van der Waals surface area (Å²) in [6.45, 7) is 3.58. The first-order valence-corrected chi connectivity index (χ1v) is 6.15. The molecule has 18 heavy (non-hydrogen) atoms. The van der Waals surface area contributed by atoms with Crippen LogP contribution in [-0.4, -0.2) is 41.8 Å². The summed E-state index contributed by atoms with van der Waals surface area (Å²) >= 11 is 0. The van der Waals surface area contributed by atoms with Crippen LogP contribution in [0.5, 0.6) is 0 Å². The van der Waals surface area contributed by atoms with Crippen LogP contribution in [0.1, 0.15) is 30.4 Å². The highest BCUT2D eigenvalue weighted by atomic mass is 16.5. The summed E-state index contributed by atoms with van der Waals surface area (Å²) in [4.78, 5) is 19.4. The van der Waals surface area contributed by atoms with Crippen LogP contribution in [0.3, 0.4) is 0 Å². The zero-order chi connectivity index (χ0) is 12.8. The molecule has 1 fully saturated rings. The monoisotopic (exact) mass is 251 g/mol. The van der Waals surface area contributed by atoms with Crippen LogP contribution in [0.15, 0.2) is 12.3 Å². The Morgan fingerprint density at radius 2 is 2.56 bits per heavy atom. The number of carbonyl (C=O) groups is 1. The van der Waals surface area contributed by atoms with Gasteiger partial charge >= 0.3 is 5.97 Å². The third kappa shape index (κ3) is 3.40. The second-order valence-electron chi connectivity index (χ2n) is 4.00. The van der Waals surface area contributed by atoms with Crippen molar-refractivity contribution in [2.75, 3.05) is 25.1 Å². The molecule has 0 bridgehead atoms. The predicted molar refractivity (Wildman–Crippen MR) is 65.5 cm³/mol. The molecule has 1 aromatic rings. The van der Waals surface area contributed by atoms with Gasteiger partial charge in [0.2, 0.25) is 5.82 Å². The number of hydrogen-bond donors (Lipinski definition) is 1. The van der Waals surface area contributed by atoms with Gasteiger partial charge in [0.1, 0.15) is 5.82 Å². The molecule has 2 heterocycles. The summed E-state index contributed by atoms with van der Waals surface area (Å²) in [5, 5.41) is 3.14. The molecule has 6 nitrogen and oxygen atoms in total. The highest BCUT2D eigenvalue weighted by Gasteiger charge is 2.16. The Labute approximate surface area is 106 Å². The van der Waals surface area contributed by atoms with Gasteiger partial charge in [0.05, 0.1) is 12.7 Å². The van der Waals surface area contributed by atoms with Crippen molar-refractivity contribution >= 4 is 11.8 Å². The van der Waals surface area contributed by atoms with Crippen molar-refractivity contribution < 1.29 is 14.3 Å². The van der Waals surface area contributed by atoms with E-state index in [0.717, 1.165) is 19.4 Å². The van der Waals surface area contributed by atoms with E-state index < -0.39 is 5.97 Å². The Morgan fingerprint density at radius 1 is 1.67 bits per heavy atom. The lowest BCUT2D eigenvalue weighted by molar-refractivity contribution is 0.0512. The van der Waals surface area contributed by atoms with E-state index in [0.29, 0.717) is 19.0 Å². The Morgan fingerprint density at radius 3 is 3.28 bits per heavy atom. The van der Waals surface area contributed by atoms with Crippen molar-refractivity contribution in [3.8, 4) is 0 Å². The van der Waals surface area contributed by atoms with Gasteiger partial charge in [-0.25, -0.2) is 14.8 Å². The fourth-order valence-electron chi connectivity index (χ4n) is 1.77. The molecule has 6 heteroatoms. The van der Waals surface area contributed by atoms with E-state index in [1.807, 2.05) is 0 Å². The molecule has 0 saturated carbocycles. The molecule has 1 atom stereocenters. The van der Waals surface area contributed by atoms with Gasteiger partial charge in [-0.3, -0.25) is 0 Å². The number of hydrogen-bond acceptors (Lipinski definition) is 6.